The molecule has 222 valence electrons. The van der Waals surface area contributed by atoms with Gasteiger partial charge in [0.15, 0.2) is 0 Å². The maximum atomic E-state index is 14.0. The van der Waals surface area contributed by atoms with Crippen LogP contribution in [0.5, 0.6) is 0 Å². The second-order valence-electron chi connectivity index (χ2n) is 8.21. The van der Waals surface area contributed by atoms with E-state index >= 15 is 0 Å². The molecule has 0 amide bonds. The monoisotopic (exact) mass is 596 g/mol. The molecule has 0 heterocycles. The number of aliphatic hydroxyl groups excluding tert-OH is 1. The minimum absolute atomic E-state index is 0.411. The Bertz CT molecular complexity index is 934. The number of aryl methyl sites for hydroxylation is 1. The average molecular weight is 596 g/mol. The third-order valence-electron chi connectivity index (χ3n) is 5.42. The molecule has 0 radical (unpaired) electrons. The third kappa shape index (κ3) is 5.24. The van der Waals surface area contributed by atoms with E-state index in [1.165, 1.54) is 0 Å². The van der Waals surface area contributed by atoms with Crippen LogP contribution in [0, 0.1) is 0 Å². The number of unbranched alkanes of at least 4 members (excludes halogenated alkanes) is 1. The van der Waals surface area contributed by atoms with Gasteiger partial charge in [0.25, 0.3) is 0 Å². The molecule has 0 fully saturated rings. The summed E-state index contributed by atoms with van der Waals surface area (Å²) >= 11 is 0. The van der Waals surface area contributed by atoms with Gasteiger partial charge in [-0.3, -0.25) is 0 Å². The largest absolute Gasteiger partial charge is 0.460 e. The first-order valence-corrected chi connectivity index (χ1v) is 10.2. The van der Waals surface area contributed by atoms with E-state index in [2.05, 4.69) is 0 Å². The second-order valence-corrected chi connectivity index (χ2v) is 8.21. The van der Waals surface area contributed by atoms with Gasteiger partial charge in [0, 0.05) is 6.42 Å². The molecule has 1 nitrogen and oxygen atoms in total. The van der Waals surface area contributed by atoms with Crippen molar-refractivity contribution in [1.29, 1.82) is 0 Å². The van der Waals surface area contributed by atoms with Crippen LogP contribution in [0.2, 0.25) is 0 Å². The van der Waals surface area contributed by atoms with Crippen molar-refractivity contribution in [3.8, 4) is 0 Å². The van der Waals surface area contributed by atoms with Gasteiger partial charge < -0.3 is 5.11 Å². The summed E-state index contributed by atoms with van der Waals surface area (Å²) in [6.07, 6.45) is -11.9. The molecule has 18 heteroatoms. The van der Waals surface area contributed by atoms with Gasteiger partial charge in [-0.05, 0) is 24.0 Å². The van der Waals surface area contributed by atoms with Crippen LogP contribution in [0.25, 0.3) is 0 Å². The highest BCUT2D eigenvalue weighted by Gasteiger charge is 2.95. The maximum Gasteiger partial charge on any atom is 0.460 e. The standard InChI is InChI=1S/C20H17F17O/c1-2-3-4-10-5-7-11(8-6-10)12(38)9-13(21,22)14(23,24)15(25,26)16(27,28)17(29,30)18(31,32)19(33,34)20(35,36)37/h5-8,12,38H,2-4,9H2,1H3. The normalized spacial score (nSPS) is 16.1. The van der Waals surface area contributed by atoms with Gasteiger partial charge in [-0.15, -0.1) is 0 Å². The van der Waals surface area contributed by atoms with E-state index in [0.29, 0.717) is 24.8 Å². The van der Waals surface area contributed by atoms with Crippen molar-refractivity contribution in [2.75, 3.05) is 0 Å². The topological polar surface area (TPSA) is 20.2 Å². The molecule has 1 N–H and O–H groups in total. The number of benzene rings is 1. The van der Waals surface area contributed by atoms with Crippen molar-refractivity contribution in [2.45, 2.75) is 86.3 Å². The van der Waals surface area contributed by atoms with Crippen molar-refractivity contribution in [3.63, 3.8) is 0 Å². The molecular formula is C20H17F17O. The molecule has 38 heavy (non-hydrogen) atoms. The lowest BCUT2D eigenvalue weighted by atomic mass is 9.87. The summed E-state index contributed by atoms with van der Waals surface area (Å²) in [5, 5.41) is 9.70. The van der Waals surface area contributed by atoms with Crippen LogP contribution in [0.1, 0.15) is 43.4 Å². The first kappa shape index (κ1) is 34.0. The van der Waals surface area contributed by atoms with Gasteiger partial charge in [0.2, 0.25) is 0 Å². The van der Waals surface area contributed by atoms with Crippen LogP contribution < -0.4 is 0 Å². The fraction of sp³-hybridized carbons (Fsp3) is 0.700. The van der Waals surface area contributed by atoms with E-state index in [4.69, 9.17) is 0 Å². The molecule has 0 spiro atoms. The van der Waals surface area contributed by atoms with Crippen molar-refractivity contribution in [2.24, 2.45) is 0 Å². The lowest BCUT2D eigenvalue weighted by Gasteiger charge is -2.43. The number of hydrogen-bond donors (Lipinski definition) is 1. The summed E-state index contributed by atoms with van der Waals surface area (Å²) in [6.45, 7) is 1.79. The van der Waals surface area contributed by atoms with Gasteiger partial charge >= 0.3 is 47.6 Å². The van der Waals surface area contributed by atoms with Crippen LogP contribution in [0.4, 0.5) is 74.6 Å². The molecular weight excluding hydrogens is 579 g/mol. The highest BCUT2D eigenvalue weighted by atomic mass is 19.4. The molecule has 0 aromatic heterocycles. The van der Waals surface area contributed by atoms with Gasteiger partial charge in [-0.2, -0.15) is 74.6 Å². The quantitative estimate of drug-likeness (QED) is 0.240. The van der Waals surface area contributed by atoms with Crippen LogP contribution in [0.3, 0.4) is 0 Å². The second kappa shape index (κ2) is 10.2. The van der Waals surface area contributed by atoms with Crippen LogP contribution in [0.15, 0.2) is 24.3 Å². The molecule has 1 atom stereocenters. The van der Waals surface area contributed by atoms with Crippen LogP contribution >= 0.6 is 0 Å². The van der Waals surface area contributed by atoms with Gasteiger partial charge in [0.05, 0.1) is 6.10 Å². The van der Waals surface area contributed by atoms with E-state index < -0.39 is 65.7 Å². The Morgan fingerprint density at radius 2 is 0.947 bits per heavy atom. The fourth-order valence-corrected chi connectivity index (χ4v) is 2.97. The zero-order valence-corrected chi connectivity index (χ0v) is 18.6. The predicted octanol–water partition coefficient (Wildman–Crippen LogP) is 8.46. The molecule has 0 aliphatic heterocycles. The molecule has 0 saturated heterocycles. The number of halogens is 17. The minimum atomic E-state index is -8.67. The lowest BCUT2D eigenvalue weighted by Crippen LogP contribution is -2.74. The SMILES string of the molecule is CCCCc1ccc(C(O)CC(F)(F)C(F)(F)C(F)(F)C(F)(F)C(F)(F)C(F)(F)C(F)(F)C(F)(F)F)cc1. The number of rotatable bonds is 12. The Labute approximate surface area is 202 Å². The Kier molecular flexibility index (Phi) is 9.12. The first-order chi connectivity index (χ1) is 16.7. The molecule has 0 aliphatic rings. The van der Waals surface area contributed by atoms with Gasteiger partial charge in [-0.25, -0.2) is 0 Å². The number of hydrogen-bond acceptors (Lipinski definition) is 1. The highest BCUT2D eigenvalue weighted by Crippen LogP contribution is 2.64. The Hall–Kier alpha value is -2.01. The van der Waals surface area contributed by atoms with Crippen molar-refractivity contribution >= 4 is 0 Å². The summed E-state index contributed by atoms with van der Waals surface area (Å²) in [5.74, 6) is -56.9. The number of aliphatic hydroxyl groups is 1. The van der Waals surface area contributed by atoms with E-state index in [1.54, 1.807) is 6.92 Å². The smallest absolute Gasteiger partial charge is 0.388 e. The molecule has 1 unspecified atom stereocenters. The van der Waals surface area contributed by atoms with Crippen LogP contribution in [-0.2, 0) is 6.42 Å². The zero-order valence-electron chi connectivity index (χ0n) is 18.6. The maximum absolute atomic E-state index is 14.0. The molecule has 1 aromatic carbocycles. The molecule has 1 aromatic rings. The summed E-state index contributed by atoms with van der Waals surface area (Å²) < 4.78 is 226. The zero-order chi connectivity index (χ0) is 30.4. The first-order valence-electron chi connectivity index (χ1n) is 10.2. The molecule has 1 rings (SSSR count). The third-order valence-corrected chi connectivity index (χ3v) is 5.42. The van der Waals surface area contributed by atoms with Gasteiger partial charge in [0.1, 0.15) is 0 Å². The summed E-state index contributed by atoms with van der Waals surface area (Å²) in [6, 6.07) is 3.97. The Balaban J connectivity index is 3.42. The molecule has 0 aliphatic carbocycles. The number of alkyl halides is 17. The van der Waals surface area contributed by atoms with E-state index in [9.17, 15) is 79.7 Å². The van der Waals surface area contributed by atoms with E-state index in [0.717, 1.165) is 24.3 Å². The summed E-state index contributed by atoms with van der Waals surface area (Å²) in [5.41, 5.74) is -0.178. The Morgan fingerprint density at radius 1 is 0.579 bits per heavy atom. The van der Waals surface area contributed by atoms with Crippen molar-refractivity contribution < 1.29 is 79.7 Å². The molecule has 0 saturated carbocycles. The lowest BCUT2D eigenvalue weighted by molar-refractivity contribution is -0.462. The predicted molar refractivity (Wildman–Crippen MR) is 95.3 cm³/mol. The van der Waals surface area contributed by atoms with Crippen LogP contribution in [-0.4, -0.2) is 52.7 Å². The summed E-state index contributed by atoms with van der Waals surface area (Å²) in [4.78, 5) is 0. The van der Waals surface area contributed by atoms with Crippen molar-refractivity contribution in [1.82, 2.24) is 0 Å². The fourth-order valence-electron chi connectivity index (χ4n) is 2.97. The van der Waals surface area contributed by atoms with Crippen molar-refractivity contribution in [3.05, 3.63) is 35.4 Å². The minimum Gasteiger partial charge on any atom is -0.388 e. The Morgan fingerprint density at radius 3 is 1.32 bits per heavy atom. The average Bonchev–Trinajstić information content (AvgIpc) is 2.76. The van der Waals surface area contributed by atoms with Gasteiger partial charge in [-0.1, -0.05) is 37.6 Å². The molecule has 0 bridgehead atoms. The van der Waals surface area contributed by atoms with E-state index in [1.807, 2.05) is 0 Å². The highest BCUT2D eigenvalue weighted by molar-refractivity contribution is 5.25. The van der Waals surface area contributed by atoms with E-state index in [-0.39, 0.29) is 0 Å². The summed E-state index contributed by atoms with van der Waals surface area (Å²) in [7, 11) is 0.